The molecule has 89 valence electrons. The third kappa shape index (κ3) is 3.34. The Morgan fingerprint density at radius 2 is 1.94 bits per heavy atom. The molecule has 0 fully saturated rings. The molecule has 5 nitrogen and oxygen atoms in total. The predicted molar refractivity (Wildman–Crippen MR) is 61.4 cm³/mol. The Morgan fingerprint density at radius 1 is 1.35 bits per heavy atom. The summed E-state index contributed by atoms with van der Waals surface area (Å²) < 4.78 is 9.34. The minimum atomic E-state index is -0.644. The topological polar surface area (TPSA) is 72.8 Å². The normalized spacial score (nSPS) is 14.5. The van der Waals surface area contributed by atoms with Gasteiger partial charge in [-0.2, -0.15) is 0 Å². The Balaban J connectivity index is 0.00000256. The summed E-state index contributed by atoms with van der Waals surface area (Å²) >= 11 is 0. The molecule has 0 aromatic heterocycles. The van der Waals surface area contributed by atoms with E-state index in [9.17, 15) is 14.7 Å². The zero-order chi connectivity index (χ0) is 12.3. The molecule has 1 radical (unpaired) electrons. The van der Waals surface area contributed by atoms with Crippen LogP contribution >= 0.6 is 0 Å². The number of esters is 2. The first-order valence-corrected chi connectivity index (χ1v) is 4.90. The van der Waals surface area contributed by atoms with Gasteiger partial charge in [-0.3, -0.25) is 0 Å². The van der Waals surface area contributed by atoms with Crippen LogP contribution in [0.15, 0.2) is 22.5 Å². The number of hydrogen-bond donors (Lipinski definition) is 1. The van der Waals surface area contributed by atoms with Crippen molar-refractivity contribution < 1.29 is 24.2 Å². The van der Waals surface area contributed by atoms with Gasteiger partial charge in [0, 0.05) is 41.6 Å². The van der Waals surface area contributed by atoms with Crippen molar-refractivity contribution in [2.24, 2.45) is 0 Å². The molecule has 0 saturated carbocycles. The largest absolute Gasteiger partial charge is 0.511 e. The summed E-state index contributed by atoms with van der Waals surface area (Å²) in [5.41, 5.74) is 0.785. The number of methoxy groups -OCH3 is 1. The third-order valence-electron chi connectivity index (χ3n) is 2.37. The van der Waals surface area contributed by atoms with E-state index in [0.29, 0.717) is 11.1 Å². The molecule has 0 bridgehead atoms. The van der Waals surface area contributed by atoms with Crippen LogP contribution in [0.3, 0.4) is 0 Å². The first kappa shape index (κ1) is 16.2. The van der Waals surface area contributed by atoms with Gasteiger partial charge in [0.15, 0.2) is 0 Å². The van der Waals surface area contributed by atoms with Gasteiger partial charge >= 0.3 is 11.9 Å². The van der Waals surface area contributed by atoms with E-state index in [0.717, 1.165) is 0 Å². The molecule has 0 aromatic rings. The van der Waals surface area contributed by atoms with Crippen molar-refractivity contribution in [3.8, 4) is 0 Å². The quantitative estimate of drug-likeness (QED) is 0.593. The number of ether oxygens (including phenoxy) is 2. The molecule has 17 heavy (non-hydrogen) atoms. The molecule has 1 N–H and O–H groups in total. The van der Waals surface area contributed by atoms with Crippen LogP contribution in [0.25, 0.3) is 0 Å². The van der Waals surface area contributed by atoms with Crippen molar-refractivity contribution >= 4 is 41.5 Å². The average molecular weight is 249 g/mol. The van der Waals surface area contributed by atoms with Gasteiger partial charge in [-0.05, 0) is 19.4 Å². The molecule has 6 heteroatoms. The van der Waals surface area contributed by atoms with Crippen LogP contribution in [-0.2, 0) is 19.1 Å². The second-order valence-corrected chi connectivity index (χ2v) is 3.31. The molecule has 0 spiro atoms. The molecule has 1 aliphatic carbocycles. The number of carbonyl (C=O) groups excluding carboxylic acids is 2. The van der Waals surface area contributed by atoms with Gasteiger partial charge < -0.3 is 14.6 Å². The van der Waals surface area contributed by atoms with Crippen molar-refractivity contribution in [1.82, 2.24) is 0 Å². The van der Waals surface area contributed by atoms with Crippen LogP contribution in [-0.4, -0.2) is 60.3 Å². The Labute approximate surface area is 122 Å². The summed E-state index contributed by atoms with van der Waals surface area (Å²) in [6, 6.07) is 0. The van der Waals surface area contributed by atoms with Gasteiger partial charge in [-0.1, -0.05) is 0 Å². The maximum atomic E-state index is 11.5. The predicted octanol–water partition coefficient (Wildman–Crippen LogP) is 0.874. The average Bonchev–Trinajstić information content (AvgIpc) is 2.54. The minimum Gasteiger partial charge on any atom is -0.511 e. The standard InChI is InChI=1S/C11H14O5.Na/c1-4-16-10(13)7-5-8(12)9(6(7)2)11(14)15-3;/h12H,4-5H2,1-3H3;. The van der Waals surface area contributed by atoms with Crippen LogP contribution in [0.4, 0.5) is 0 Å². The molecule has 1 aliphatic rings. The van der Waals surface area contributed by atoms with E-state index in [2.05, 4.69) is 4.74 Å². The molecule has 0 atom stereocenters. The number of carbonyl (C=O) groups is 2. The number of hydrogen-bond acceptors (Lipinski definition) is 5. The fourth-order valence-electron chi connectivity index (χ4n) is 1.57. The SMILES string of the molecule is CCOC(=O)C1=C(C)C(C(=O)OC)=C(O)C1.[Na]. The molecule has 0 heterocycles. The van der Waals surface area contributed by atoms with E-state index in [-0.39, 0.29) is 53.9 Å². The monoisotopic (exact) mass is 249 g/mol. The van der Waals surface area contributed by atoms with Crippen LogP contribution in [0.2, 0.25) is 0 Å². The summed E-state index contributed by atoms with van der Waals surface area (Å²) in [5.74, 6) is -1.30. The molecule has 0 saturated heterocycles. The molecular formula is C11H14NaO5. The van der Waals surface area contributed by atoms with E-state index < -0.39 is 11.9 Å². The molecular weight excluding hydrogens is 235 g/mol. The minimum absolute atomic E-state index is 0. The fourth-order valence-corrected chi connectivity index (χ4v) is 1.57. The second kappa shape index (κ2) is 6.83. The fraction of sp³-hybridized carbons (Fsp3) is 0.455. The van der Waals surface area contributed by atoms with E-state index in [4.69, 9.17) is 4.74 Å². The molecule has 0 amide bonds. The van der Waals surface area contributed by atoms with Gasteiger partial charge in [0.1, 0.15) is 11.3 Å². The van der Waals surface area contributed by atoms with Crippen LogP contribution in [0, 0.1) is 0 Å². The first-order chi connectivity index (χ1) is 7.52. The molecule has 1 rings (SSSR count). The zero-order valence-electron chi connectivity index (χ0n) is 10.5. The van der Waals surface area contributed by atoms with Gasteiger partial charge in [0.25, 0.3) is 0 Å². The van der Waals surface area contributed by atoms with Gasteiger partial charge in [0.05, 0.1) is 13.7 Å². The second-order valence-electron chi connectivity index (χ2n) is 3.31. The summed E-state index contributed by atoms with van der Waals surface area (Å²) in [6.45, 7) is 3.53. The van der Waals surface area contributed by atoms with E-state index in [1.165, 1.54) is 7.11 Å². The summed E-state index contributed by atoms with van der Waals surface area (Å²) in [4.78, 5) is 22.8. The summed E-state index contributed by atoms with van der Waals surface area (Å²) in [6.07, 6.45) is 0.0229. The number of aliphatic hydroxyl groups excluding tert-OH is 1. The third-order valence-corrected chi connectivity index (χ3v) is 2.37. The van der Waals surface area contributed by atoms with Crippen LogP contribution in [0.5, 0.6) is 0 Å². The number of rotatable bonds is 3. The van der Waals surface area contributed by atoms with Crippen molar-refractivity contribution in [3.05, 3.63) is 22.5 Å². The maximum absolute atomic E-state index is 11.5. The smallest absolute Gasteiger partial charge is 0.341 e. The molecule has 0 aromatic carbocycles. The molecule has 0 aliphatic heterocycles. The molecule has 0 unspecified atom stereocenters. The van der Waals surface area contributed by atoms with Gasteiger partial charge in [-0.15, -0.1) is 0 Å². The Bertz CT molecular complexity index is 395. The van der Waals surface area contributed by atoms with Gasteiger partial charge in [0.2, 0.25) is 0 Å². The maximum Gasteiger partial charge on any atom is 0.341 e. The van der Waals surface area contributed by atoms with Crippen molar-refractivity contribution in [3.63, 3.8) is 0 Å². The van der Waals surface area contributed by atoms with E-state index in [1.807, 2.05) is 0 Å². The summed E-state index contributed by atoms with van der Waals surface area (Å²) in [7, 11) is 1.22. The number of aliphatic hydroxyl groups is 1. The van der Waals surface area contributed by atoms with Crippen molar-refractivity contribution in [2.45, 2.75) is 20.3 Å². The van der Waals surface area contributed by atoms with E-state index >= 15 is 0 Å². The van der Waals surface area contributed by atoms with Crippen LogP contribution < -0.4 is 0 Å². The number of allylic oxidation sites excluding steroid dienone is 1. The summed E-state index contributed by atoms with van der Waals surface area (Å²) in [5, 5.41) is 9.58. The van der Waals surface area contributed by atoms with Crippen molar-refractivity contribution in [2.75, 3.05) is 13.7 Å². The Morgan fingerprint density at radius 3 is 2.41 bits per heavy atom. The Kier molecular flexibility index (Phi) is 6.52. The Hall–Kier alpha value is -0.780. The van der Waals surface area contributed by atoms with Crippen molar-refractivity contribution in [1.29, 1.82) is 0 Å². The van der Waals surface area contributed by atoms with E-state index in [1.54, 1.807) is 13.8 Å². The first-order valence-electron chi connectivity index (χ1n) is 4.90. The van der Waals surface area contributed by atoms with Crippen LogP contribution in [0.1, 0.15) is 20.3 Å². The zero-order valence-corrected chi connectivity index (χ0v) is 12.5. The van der Waals surface area contributed by atoms with Gasteiger partial charge in [-0.25, -0.2) is 9.59 Å².